The normalized spacial score (nSPS) is 10.5. The van der Waals surface area contributed by atoms with Crippen LogP contribution in [0.2, 0.25) is 0 Å². The van der Waals surface area contributed by atoms with Gasteiger partial charge in [0.1, 0.15) is 5.75 Å². The summed E-state index contributed by atoms with van der Waals surface area (Å²) in [6.07, 6.45) is -2.14. The van der Waals surface area contributed by atoms with Crippen molar-refractivity contribution in [3.8, 4) is 17.6 Å². The van der Waals surface area contributed by atoms with Crippen LogP contribution in [0.4, 0.5) is 13.2 Å². The number of halogens is 3. The minimum atomic E-state index is -4.66. The maximum atomic E-state index is 13.1. The number of carbonyl (C=O) groups is 1. The highest BCUT2D eigenvalue weighted by molar-refractivity contribution is 5.88. The molecule has 0 unspecified atom stereocenters. The van der Waals surface area contributed by atoms with E-state index in [9.17, 15) is 23.1 Å². The number of aliphatic hydroxyl groups excluding tert-OH is 1. The first kappa shape index (κ1) is 25.1. The van der Waals surface area contributed by atoms with Gasteiger partial charge in [-0.15, -0.1) is 0 Å². The first-order valence-electron chi connectivity index (χ1n) is 9.61. The number of hydrogen-bond donors (Lipinski definition) is 3. The van der Waals surface area contributed by atoms with Crippen molar-refractivity contribution in [2.75, 3.05) is 6.61 Å². The highest BCUT2D eigenvalue weighted by Gasteiger charge is 2.33. The van der Waals surface area contributed by atoms with Crippen LogP contribution in [-0.4, -0.2) is 27.9 Å². The maximum Gasteiger partial charge on any atom is 0.417 e. The van der Waals surface area contributed by atoms with Gasteiger partial charge >= 0.3 is 12.1 Å². The Hall–Kier alpha value is -2.98. The minimum Gasteiger partial charge on any atom is -0.508 e. The Morgan fingerprint density at radius 3 is 2.20 bits per heavy atom. The van der Waals surface area contributed by atoms with Crippen molar-refractivity contribution in [2.24, 2.45) is 0 Å². The van der Waals surface area contributed by atoms with Crippen LogP contribution in [0.1, 0.15) is 65.7 Å². The zero-order valence-electron chi connectivity index (χ0n) is 16.9. The van der Waals surface area contributed by atoms with E-state index in [0.717, 1.165) is 18.6 Å². The summed E-state index contributed by atoms with van der Waals surface area (Å²) in [4.78, 5) is 11.2. The average Bonchev–Trinajstić information content (AvgIpc) is 2.71. The van der Waals surface area contributed by atoms with Crippen molar-refractivity contribution in [3.63, 3.8) is 0 Å². The smallest absolute Gasteiger partial charge is 0.417 e. The maximum absolute atomic E-state index is 13.1. The molecule has 0 aliphatic rings. The SMILES string of the molecule is CC.O=C(O)c1ccc(C#Cc2ccc(O)cc2C(F)(F)F)c(CCCCCO)c1. The number of carboxylic acid groups (broad SMARTS) is 1. The molecule has 162 valence electrons. The van der Waals surface area contributed by atoms with Crippen LogP contribution in [0.5, 0.6) is 5.75 Å². The number of phenols is 1. The highest BCUT2D eigenvalue weighted by Crippen LogP contribution is 2.33. The first-order valence-corrected chi connectivity index (χ1v) is 9.61. The molecule has 0 aliphatic carbocycles. The van der Waals surface area contributed by atoms with E-state index in [1.165, 1.54) is 18.2 Å². The Bertz CT molecular complexity index is 909. The first-order chi connectivity index (χ1) is 14.2. The molecule has 2 rings (SSSR count). The van der Waals surface area contributed by atoms with Crippen molar-refractivity contribution < 1.29 is 33.3 Å². The molecular weight excluding hydrogens is 397 g/mol. The van der Waals surface area contributed by atoms with Crippen molar-refractivity contribution in [3.05, 3.63) is 64.2 Å². The molecule has 0 spiro atoms. The van der Waals surface area contributed by atoms with Crippen LogP contribution in [0.15, 0.2) is 36.4 Å². The predicted octanol–water partition coefficient (Wildman–Crippen LogP) is 5.24. The number of aryl methyl sites for hydroxylation is 1. The number of phenolic OH excluding ortho intramolecular Hbond substituents is 1. The molecule has 0 aliphatic heterocycles. The molecule has 0 saturated carbocycles. The van der Waals surface area contributed by atoms with Gasteiger partial charge in [-0.05, 0) is 61.2 Å². The topological polar surface area (TPSA) is 77.8 Å². The molecule has 2 aromatic rings. The monoisotopic (exact) mass is 422 g/mol. The summed E-state index contributed by atoms with van der Waals surface area (Å²) in [5, 5.41) is 27.3. The molecule has 0 amide bonds. The molecule has 0 heterocycles. The molecular formula is C23H25F3O4. The Kier molecular flexibility index (Phi) is 9.93. The van der Waals surface area contributed by atoms with Gasteiger partial charge in [0, 0.05) is 17.7 Å². The Morgan fingerprint density at radius 1 is 0.967 bits per heavy atom. The fraction of sp³-hybridized carbons (Fsp3) is 0.348. The van der Waals surface area contributed by atoms with Gasteiger partial charge in [-0.1, -0.05) is 32.1 Å². The molecule has 0 saturated heterocycles. The van der Waals surface area contributed by atoms with Crippen LogP contribution in [0.25, 0.3) is 0 Å². The molecule has 0 radical (unpaired) electrons. The summed E-state index contributed by atoms with van der Waals surface area (Å²) in [5.41, 5.74) is -0.179. The standard InChI is InChI=1S/C21H19F3O4.C2H6/c22-21(23,24)19-13-18(26)10-9-15(19)7-5-14-6-8-17(20(27)28)12-16(14)4-2-1-3-11-25;1-2/h6,8-10,12-13,25-26H,1-4,11H2,(H,27,28);1-2H3. The van der Waals surface area contributed by atoms with Gasteiger partial charge in [-0.2, -0.15) is 13.2 Å². The number of aromatic hydroxyl groups is 1. The van der Waals surface area contributed by atoms with Crippen molar-refractivity contribution >= 4 is 5.97 Å². The van der Waals surface area contributed by atoms with Gasteiger partial charge in [-0.25, -0.2) is 4.79 Å². The van der Waals surface area contributed by atoms with Gasteiger partial charge in [-0.3, -0.25) is 0 Å². The second-order valence-electron chi connectivity index (χ2n) is 6.19. The lowest BCUT2D eigenvalue weighted by molar-refractivity contribution is -0.137. The molecule has 3 N–H and O–H groups in total. The van der Waals surface area contributed by atoms with Gasteiger partial charge in [0.25, 0.3) is 0 Å². The largest absolute Gasteiger partial charge is 0.508 e. The van der Waals surface area contributed by atoms with E-state index in [1.54, 1.807) is 0 Å². The molecule has 0 fully saturated rings. The summed E-state index contributed by atoms with van der Waals surface area (Å²) in [5.74, 6) is 3.57. The summed E-state index contributed by atoms with van der Waals surface area (Å²) in [7, 11) is 0. The minimum absolute atomic E-state index is 0.0584. The van der Waals surface area contributed by atoms with Crippen molar-refractivity contribution in [1.29, 1.82) is 0 Å². The summed E-state index contributed by atoms with van der Waals surface area (Å²) >= 11 is 0. The lowest BCUT2D eigenvalue weighted by Gasteiger charge is -2.09. The van der Waals surface area contributed by atoms with E-state index < -0.39 is 23.5 Å². The van der Waals surface area contributed by atoms with Crippen LogP contribution < -0.4 is 0 Å². The Labute approximate surface area is 174 Å². The lowest BCUT2D eigenvalue weighted by atomic mass is 9.98. The molecule has 0 atom stereocenters. The number of unbranched alkanes of at least 4 members (excludes halogenated alkanes) is 2. The number of aliphatic hydroxyl groups is 1. The molecule has 30 heavy (non-hydrogen) atoms. The van der Waals surface area contributed by atoms with E-state index in [1.807, 2.05) is 13.8 Å². The van der Waals surface area contributed by atoms with E-state index in [-0.39, 0.29) is 17.7 Å². The average molecular weight is 422 g/mol. The fourth-order valence-electron chi connectivity index (χ4n) is 2.67. The zero-order valence-corrected chi connectivity index (χ0v) is 16.9. The molecule has 2 aromatic carbocycles. The molecule has 4 nitrogen and oxygen atoms in total. The molecule has 0 bridgehead atoms. The third-order valence-corrected chi connectivity index (χ3v) is 4.10. The number of hydrogen-bond acceptors (Lipinski definition) is 3. The van der Waals surface area contributed by atoms with Gasteiger partial charge in [0.05, 0.1) is 11.1 Å². The van der Waals surface area contributed by atoms with Gasteiger partial charge < -0.3 is 15.3 Å². The number of carboxylic acids is 1. The third-order valence-electron chi connectivity index (χ3n) is 4.10. The van der Waals surface area contributed by atoms with E-state index in [4.69, 9.17) is 10.2 Å². The molecule has 7 heteroatoms. The molecule has 0 aromatic heterocycles. The quantitative estimate of drug-likeness (QED) is 0.439. The number of alkyl halides is 3. The fourth-order valence-corrected chi connectivity index (χ4v) is 2.67. The highest BCUT2D eigenvalue weighted by atomic mass is 19.4. The van der Waals surface area contributed by atoms with E-state index >= 15 is 0 Å². The van der Waals surface area contributed by atoms with Crippen LogP contribution in [0, 0.1) is 11.8 Å². The van der Waals surface area contributed by atoms with Crippen LogP contribution in [-0.2, 0) is 12.6 Å². The lowest BCUT2D eigenvalue weighted by Crippen LogP contribution is -2.07. The van der Waals surface area contributed by atoms with Crippen molar-refractivity contribution in [1.82, 2.24) is 0 Å². The number of rotatable bonds is 6. The number of benzene rings is 2. The zero-order chi connectivity index (χ0) is 22.7. The summed E-state index contributed by atoms with van der Waals surface area (Å²) in [6.45, 7) is 4.06. The summed E-state index contributed by atoms with van der Waals surface area (Å²) < 4.78 is 39.4. The van der Waals surface area contributed by atoms with Crippen molar-refractivity contribution in [2.45, 2.75) is 45.7 Å². The number of aromatic carboxylic acids is 1. The third kappa shape index (κ3) is 7.45. The van der Waals surface area contributed by atoms with E-state index in [0.29, 0.717) is 36.5 Å². The second-order valence-corrected chi connectivity index (χ2v) is 6.19. The Morgan fingerprint density at radius 2 is 1.60 bits per heavy atom. The van der Waals surface area contributed by atoms with Gasteiger partial charge in [0.15, 0.2) is 0 Å². The second kappa shape index (κ2) is 11.9. The predicted molar refractivity (Wildman–Crippen MR) is 108 cm³/mol. The van der Waals surface area contributed by atoms with Crippen LogP contribution in [0.3, 0.4) is 0 Å². The Balaban J connectivity index is 0.00000218. The van der Waals surface area contributed by atoms with Crippen LogP contribution >= 0.6 is 0 Å². The van der Waals surface area contributed by atoms with Gasteiger partial charge in [0.2, 0.25) is 0 Å². The van der Waals surface area contributed by atoms with E-state index in [2.05, 4.69) is 11.8 Å². The summed E-state index contributed by atoms with van der Waals surface area (Å²) in [6, 6.07) is 7.14.